The minimum Gasteiger partial charge on any atom is -0.395 e. The molecule has 0 bridgehead atoms. The van der Waals surface area contributed by atoms with Crippen molar-refractivity contribution >= 4 is 11.6 Å². The highest BCUT2D eigenvalue weighted by molar-refractivity contribution is 5.94. The van der Waals surface area contributed by atoms with E-state index >= 15 is 0 Å². The van der Waals surface area contributed by atoms with E-state index < -0.39 is 6.04 Å². The summed E-state index contributed by atoms with van der Waals surface area (Å²) in [4.78, 5) is 13.7. The number of amides is 1. The third-order valence-corrected chi connectivity index (χ3v) is 2.74. The molecule has 0 radical (unpaired) electrons. The molecule has 0 heterocycles. The topological polar surface area (TPSA) is 72.8 Å². The summed E-state index contributed by atoms with van der Waals surface area (Å²) in [6.45, 7) is 2.41. The number of nitrogens with one attached hydrogen (secondary N) is 1. The lowest BCUT2D eigenvalue weighted by molar-refractivity contribution is -0.121. The van der Waals surface area contributed by atoms with E-state index in [1.165, 1.54) is 0 Å². The molecule has 0 saturated carbocycles. The fourth-order valence-electron chi connectivity index (χ4n) is 1.69. The second kappa shape index (κ2) is 7.81. The number of rotatable bonds is 7. The van der Waals surface area contributed by atoms with Gasteiger partial charge >= 0.3 is 0 Å². The molecule has 0 aliphatic carbocycles. The lowest BCUT2D eigenvalue weighted by Gasteiger charge is -2.26. The van der Waals surface area contributed by atoms with Crippen LogP contribution >= 0.6 is 0 Å². The Labute approximate surface area is 107 Å². The first-order valence-electron chi connectivity index (χ1n) is 6.00. The second-order valence-electron chi connectivity index (χ2n) is 4.01. The van der Waals surface area contributed by atoms with Crippen LogP contribution in [0.3, 0.4) is 0 Å². The first-order valence-corrected chi connectivity index (χ1v) is 6.00. The Morgan fingerprint density at radius 3 is 2.28 bits per heavy atom. The molecule has 3 N–H and O–H groups in total. The van der Waals surface area contributed by atoms with Crippen molar-refractivity contribution in [2.45, 2.75) is 13.0 Å². The Bertz CT molecular complexity index is 351. The normalized spacial score (nSPS) is 12.4. The van der Waals surface area contributed by atoms with Crippen LogP contribution in [0.5, 0.6) is 0 Å². The van der Waals surface area contributed by atoms with Gasteiger partial charge in [0.2, 0.25) is 5.91 Å². The summed E-state index contributed by atoms with van der Waals surface area (Å²) >= 11 is 0. The third-order valence-electron chi connectivity index (χ3n) is 2.74. The predicted molar refractivity (Wildman–Crippen MR) is 70.3 cm³/mol. The van der Waals surface area contributed by atoms with Gasteiger partial charge in [0, 0.05) is 18.8 Å². The van der Waals surface area contributed by atoms with Gasteiger partial charge in [0.15, 0.2) is 0 Å². The largest absolute Gasteiger partial charge is 0.395 e. The van der Waals surface area contributed by atoms with Crippen LogP contribution < -0.4 is 5.32 Å². The first kappa shape index (κ1) is 14.6. The minimum atomic E-state index is -0.399. The SMILES string of the molecule is CC(C(=O)Nc1ccccc1)N(CCO)CCO. The van der Waals surface area contributed by atoms with Gasteiger partial charge in [-0.3, -0.25) is 9.69 Å². The molecule has 5 heteroatoms. The van der Waals surface area contributed by atoms with Gasteiger partial charge in [0.25, 0.3) is 0 Å². The molecular formula is C13H20N2O3. The maximum absolute atomic E-state index is 12.0. The van der Waals surface area contributed by atoms with Crippen LogP contribution in [0.2, 0.25) is 0 Å². The lowest BCUT2D eigenvalue weighted by Crippen LogP contribution is -2.44. The van der Waals surface area contributed by atoms with Gasteiger partial charge in [0.05, 0.1) is 19.3 Å². The number of aliphatic hydroxyl groups excluding tert-OH is 2. The summed E-state index contributed by atoms with van der Waals surface area (Å²) in [7, 11) is 0. The maximum atomic E-state index is 12.0. The highest BCUT2D eigenvalue weighted by Crippen LogP contribution is 2.07. The number of nitrogens with zero attached hydrogens (tertiary/aromatic N) is 1. The van der Waals surface area contributed by atoms with E-state index in [4.69, 9.17) is 10.2 Å². The average Bonchev–Trinajstić information content (AvgIpc) is 2.39. The lowest BCUT2D eigenvalue weighted by atomic mass is 10.2. The number of aliphatic hydroxyl groups is 2. The number of hydrogen-bond acceptors (Lipinski definition) is 4. The highest BCUT2D eigenvalue weighted by atomic mass is 16.3. The number of hydrogen-bond donors (Lipinski definition) is 3. The number of para-hydroxylation sites is 1. The van der Waals surface area contributed by atoms with Crippen LogP contribution in [0.25, 0.3) is 0 Å². The van der Waals surface area contributed by atoms with E-state index in [1.807, 2.05) is 30.3 Å². The summed E-state index contributed by atoms with van der Waals surface area (Å²) in [6.07, 6.45) is 0. The number of carbonyl (C=O) groups excluding carboxylic acids is 1. The van der Waals surface area contributed by atoms with Crippen molar-refractivity contribution in [3.8, 4) is 0 Å². The Balaban J connectivity index is 2.58. The van der Waals surface area contributed by atoms with Gasteiger partial charge in [-0.2, -0.15) is 0 Å². The Hall–Kier alpha value is -1.43. The van der Waals surface area contributed by atoms with Crippen LogP contribution in [0.15, 0.2) is 30.3 Å². The maximum Gasteiger partial charge on any atom is 0.241 e. The molecule has 1 rings (SSSR count). The van der Waals surface area contributed by atoms with Crippen LogP contribution in [0.1, 0.15) is 6.92 Å². The summed E-state index contributed by atoms with van der Waals surface area (Å²) < 4.78 is 0. The van der Waals surface area contributed by atoms with E-state index in [1.54, 1.807) is 11.8 Å². The smallest absolute Gasteiger partial charge is 0.241 e. The molecule has 18 heavy (non-hydrogen) atoms. The fraction of sp³-hybridized carbons (Fsp3) is 0.462. The van der Waals surface area contributed by atoms with Crippen LogP contribution in [-0.2, 0) is 4.79 Å². The minimum absolute atomic E-state index is 0.0387. The predicted octanol–water partition coefficient (Wildman–Crippen LogP) is 0.300. The van der Waals surface area contributed by atoms with Crippen molar-refractivity contribution in [2.24, 2.45) is 0 Å². The number of carbonyl (C=O) groups is 1. The van der Waals surface area contributed by atoms with Gasteiger partial charge in [-0.25, -0.2) is 0 Å². The van der Waals surface area contributed by atoms with E-state index in [0.29, 0.717) is 13.1 Å². The molecule has 0 spiro atoms. The second-order valence-corrected chi connectivity index (χ2v) is 4.01. The van der Waals surface area contributed by atoms with Crippen LogP contribution in [0.4, 0.5) is 5.69 Å². The Kier molecular flexibility index (Phi) is 6.35. The molecule has 100 valence electrons. The molecular weight excluding hydrogens is 232 g/mol. The van der Waals surface area contributed by atoms with Gasteiger partial charge in [-0.05, 0) is 19.1 Å². The highest BCUT2D eigenvalue weighted by Gasteiger charge is 2.20. The molecule has 1 aromatic rings. The quantitative estimate of drug-likeness (QED) is 0.652. The summed E-state index contributed by atoms with van der Waals surface area (Å²) in [6, 6.07) is 8.80. The zero-order valence-electron chi connectivity index (χ0n) is 10.5. The van der Waals surface area contributed by atoms with Crippen molar-refractivity contribution in [2.75, 3.05) is 31.6 Å². The van der Waals surface area contributed by atoms with E-state index in [9.17, 15) is 4.79 Å². The van der Waals surface area contributed by atoms with E-state index in [0.717, 1.165) is 5.69 Å². The van der Waals surface area contributed by atoms with E-state index in [-0.39, 0.29) is 19.1 Å². The third kappa shape index (κ3) is 4.44. The molecule has 1 unspecified atom stereocenters. The molecule has 0 fully saturated rings. The molecule has 5 nitrogen and oxygen atoms in total. The molecule has 0 saturated heterocycles. The zero-order chi connectivity index (χ0) is 13.4. The number of benzene rings is 1. The van der Waals surface area contributed by atoms with Crippen LogP contribution in [0, 0.1) is 0 Å². The van der Waals surface area contributed by atoms with Crippen molar-refractivity contribution in [1.82, 2.24) is 4.90 Å². The number of anilines is 1. The van der Waals surface area contributed by atoms with Gasteiger partial charge < -0.3 is 15.5 Å². The van der Waals surface area contributed by atoms with Crippen molar-refractivity contribution in [1.29, 1.82) is 0 Å². The standard InChI is InChI=1S/C13H20N2O3/c1-11(15(7-9-16)8-10-17)13(18)14-12-5-3-2-4-6-12/h2-6,11,16-17H,7-10H2,1H3,(H,14,18). The average molecular weight is 252 g/mol. The van der Waals surface area contributed by atoms with Crippen molar-refractivity contribution in [3.63, 3.8) is 0 Å². The zero-order valence-corrected chi connectivity index (χ0v) is 10.5. The molecule has 1 aromatic carbocycles. The monoisotopic (exact) mass is 252 g/mol. The van der Waals surface area contributed by atoms with Crippen LogP contribution in [-0.4, -0.2) is 53.4 Å². The molecule has 0 aliphatic rings. The van der Waals surface area contributed by atoms with Crippen molar-refractivity contribution in [3.05, 3.63) is 30.3 Å². The summed E-state index contributed by atoms with van der Waals surface area (Å²) in [5, 5.41) is 20.7. The van der Waals surface area contributed by atoms with E-state index in [2.05, 4.69) is 5.32 Å². The fourth-order valence-corrected chi connectivity index (χ4v) is 1.69. The Morgan fingerprint density at radius 1 is 1.22 bits per heavy atom. The molecule has 1 amide bonds. The first-order chi connectivity index (χ1) is 8.69. The summed E-state index contributed by atoms with van der Waals surface area (Å²) in [5.74, 6) is -0.150. The Morgan fingerprint density at radius 2 is 1.78 bits per heavy atom. The van der Waals surface area contributed by atoms with Gasteiger partial charge in [-0.1, -0.05) is 18.2 Å². The van der Waals surface area contributed by atoms with Gasteiger partial charge in [-0.15, -0.1) is 0 Å². The van der Waals surface area contributed by atoms with Gasteiger partial charge in [0.1, 0.15) is 0 Å². The molecule has 0 aliphatic heterocycles. The van der Waals surface area contributed by atoms with Crippen molar-refractivity contribution < 1.29 is 15.0 Å². The molecule has 1 atom stereocenters. The molecule has 0 aromatic heterocycles. The summed E-state index contributed by atoms with van der Waals surface area (Å²) in [5.41, 5.74) is 0.738.